The van der Waals surface area contributed by atoms with Gasteiger partial charge in [0.1, 0.15) is 17.1 Å². The van der Waals surface area contributed by atoms with Crippen molar-refractivity contribution >= 4 is 17.2 Å². The summed E-state index contributed by atoms with van der Waals surface area (Å²) in [5.74, 6) is -0.633. The second-order valence-electron chi connectivity index (χ2n) is 6.04. The highest BCUT2D eigenvalue weighted by Gasteiger charge is 2.44. The Balaban J connectivity index is 1.80. The highest BCUT2D eigenvalue weighted by atomic mass is 32.1. The summed E-state index contributed by atoms with van der Waals surface area (Å²) in [6, 6.07) is 0. The number of rotatable bonds is 5. The lowest BCUT2D eigenvalue weighted by Gasteiger charge is -2.42. The van der Waals surface area contributed by atoms with E-state index in [1.807, 2.05) is 10.7 Å². The molecule has 1 unspecified atom stereocenters. The molecule has 136 valence electrons. The first-order valence-corrected chi connectivity index (χ1v) is 8.71. The zero-order chi connectivity index (χ0) is 17.9. The number of likely N-dealkylation sites (tertiary alicyclic amines) is 1. The van der Waals surface area contributed by atoms with Crippen LogP contribution >= 0.6 is 11.3 Å². The number of halogens is 3. The van der Waals surface area contributed by atoms with Crippen LogP contribution in [0.3, 0.4) is 0 Å². The second-order valence-corrected chi connectivity index (χ2v) is 7.02. The number of nitrogens with zero attached hydrogens (tertiary/aromatic N) is 4. The van der Waals surface area contributed by atoms with Crippen LogP contribution in [0, 0.1) is 0 Å². The van der Waals surface area contributed by atoms with Crippen LogP contribution in [-0.2, 0) is 16.9 Å². The van der Waals surface area contributed by atoms with Gasteiger partial charge in [0, 0.05) is 30.5 Å². The Morgan fingerprint density at radius 2 is 2.24 bits per heavy atom. The van der Waals surface area contributed by atoms with Crippen molar-refractivity contribution in [2.45, 2.75) is 31.1 Å². The topological polar surface area (TPSA) is 63.1 Å². The van der Waals surface area contributed by atoms with Gasteiger partial charge >= 0.3 is 6.18 Å². The SMILES string of the molecule is O=C(NCC(F)(F)F)C1(n2ccnc2)CCCN(Cc2nccs2)C1. The number of nitrogens with one attached hydrogen (secondary N) is 1. The molecule has 0 saturated carbocycles. The van der Waals surface area contributed by atoms with Gasteiger partial charge in [0.25, 0.3) is 0 Å². The van der Waals surface area contributed by atoms with Crippen molar-refractivity contribution in [1.29, 1.82) is 0 Å². The van der Waals surface area contributed by atoms with Crippen LogP contribution in [0.2, 0.25) is 0 Å². The van der Waals surface area contributed by atoms with Crippen LogP contribution in [-0.4, -0.2) is 51.2 Å². The van der Waals surface area contributed by atoms with Crippen molar-refractivity contribution in [3.05, 3.63) is 35.3 Å². The molecule has 2 aromatic rings. The molecule has 0 radical (unpaired) electrons. The molecular formula is C15H18F3N5OS. The number of alkyl halides is 3. The number of thiazole rings is 1. The normalized spacial score (nSPS) is 22.0. The van der Waals surface area contributed by atoms with Crippen molar-refractivity contribution in [1.82, 2.24) is 24.8 Å². The minimum Gasteiger partial charge on any atom is -0.345 e. The quantitative estimate of drug-likeness (QED) is 0.871. The summed E-state index contributed by atoms with van der Waals surface area (Å²) in [6.07, 6.45) is 3.06. The lowest BCUT2D eigenvalue weighted by Crippen LogP contribution is -2.58. The van der Waals surface area contributed by atoms with Gasteiger partial charge in [0.2, 0.25) is 5.91 Å². The van der Waals surface area contributed by atoms with Gasteiger partial charge in [0.05, 0.1) is 12.9 Å². The van der Waals surface area contributed by atoms with E-state index in [0.717, 1.165) is 11.6 Å². The largest absolute Gasteiger partial charge is 0.405 e. The minimum atomic E-state index is -4.44. The summed E-state index contributed by atoms with van der Waals surface area (Å²) >= 11 is 1.51. The lowest BCUT2D eigenvalue weighted by atomic mass is 9.87. The van der Waals surface area contributed by atoms with Crippen molar-refractivity contribution in [3.8, 4) is 0 Å². The smallest absolute Gasteiger partial charge is 0.345 e. The predicted octanol–water partition coefficient (Wildman–Crippen LogP) is 2.01. The van der Waals surface area contributed by atoms with Crippen LogP contribution in [0.4, 0.5) is 13.2 Å². The summed E-state index contributed by atoms with van der Waals surface area (Å²) in [5, 5.41) is 4.84. The molecule has 10 heteroatoms. The zero-order valence-corrected chi connectivity index (χ0v) is 14.2. The zero-order valence-electron chi connectivity index (χ0n) is 13.4. The van der Waals surface area contributed by atoms with Gasteiger partial charge in [-0.15, -0.1) is 11.3 Å². The Hall–Kier alpha value is -1.94. The van der Waals surface area contributed by atoms with Gasteiger partial charge in [-0.05, 0) is 19.4 Å². The Labute approximate surface area is 146 Å². The summed E-state index contributed by atoms with van der Waals surface area (Å²) < 4.78 is 39.2. The molecule has 0 spiro atoms. The molecule has 3 rings (SSSR count). The molecule has 1 aliphatic heterocycles. The molecule has 1 fully saturated rings. The van der Waals surface area contributed by atoms with E-state index in [4.69, 9.17) is 0 Å². The number of aromatic nitrogens is 3. The minimum absolute atomic E-state index is 0.312. The van der Waals surface area contributed by atoms with Gasteiger partial charge in [0.15, 0.2) is 0 Å². The van der Waals surface area contributed by atoms with E-state index in [1.165, 1.54) is 23.9 Å². The Morgan fingerprint density at radius 1 is 1.40 bits per heavy atom. The van der Waals surface area contributed by atoms with E-state index in [9.17, 15) is 18.0 Å². The first-order chi connectivity index (χ1) is 11.9. The highest BCUT2D eigenvalue weighted by molar-refractivity contribution is 7.09. The van der Waals surface area contributed by atoms with Crippen molar-refractivity contribution in [2.75, 3.05) is 19.6 Å². The first kappa shape index (κ1) is 17.9. The fraction of sp³-hybridized carbons (Fsp3) is 0.533. The summed E-state index contributed by atoms with van der Waals surface area (Å²) in [4.78, 5) is 23.0. The Bertz CT molecular complexity index is 689. The average molecular weight is 373 g/mol. The van der Waals surface area contributed by atoms with E-state index < -0.39 is 24.2 Å². The van der Waals surface area contributed by atoms with Crippen LogP contribution in [0.25, 0.3) is 0 Å². The molecule has 0 bridgehead atoms. The molecular weight excluding hydrogens is 355 g/mol. The number of imidazole rings is 1. The maximum atomic E-state index is 12.7. The molecule has 3 heterocycles. The predicted molar refractivity (Wildman–Crippen MR) is 85.9 cm³/mol. The van der Waals surface area contributed by atoms with Crippen molar-refractivity contribution in [3.63, 3.8) is 0 Å². The van der Waals surface area contributed by atoms with E-state index in [1.54, 1.807) is 17.0 Å². The van der Waals surface area contributed by atoms with Gasteiger partial charge in [-0.3, -0.25) is 9.69 Å². The fourth-order valence-corrected chi connectivity index (χ4v) is 3.81. The molecule has 25 heavy (non-hydrogen) atoms. The first-order valence-electron chi connectivity index (χ1n) is 7.83. The van der Waals surface area contributed by atoms with Crippen LogP contribution < -0.4 is 5.32 Å². The Morgan fingerprint density at radius 3 is 2.88 bits per heavy atom. The maximum absolute atomic E-state index is 12.7. The monoisotopic (exact) mass is 373 g/mol. The summed E-state index contributed by atoms with van der Waals surface area (Å²) in [5.41, 5.74) is -1.10. The molecule has 1 aliphatic rings. The van der Waals surface area contributed by atoms with E-state index >= 15 is 0 Å². The van der Waals surface area contributed by atoms with E-state index in [0.29, 0.717) is 25.9 Å². The van der Waals surface area contributed by atoms with Gasteiger partial charge in [-0.25, -0.2) is 9.97 Å². The fourth-order valence-electron chi connectivity index (χ4n) is 3.15. The number of hydrogen-bond acceptors (Lipinski definition) is 5. The van der Waals surface area contributed by atoms with Crippen molar-refractivity contribution < 1.29 is 18.0 Å². The average Bonchev–Trinajstić information content (AvgIpc) is 3.25. The molecule has 2 aromatic heterocycles. The number of piperidine rings is 1. The summed E-state index contributed by atoms with van der Waals surface area (Å²) in [7, 11) is 0. The van der Waals surface area contributed by atoms with Gasteiger partial charge in [-0.1, -0.05) is 0 Å². The summed E-state index contributed by atoms with van der Waals surface area (Å²) in [6.45, 7) is 0.310. The highest BCUT2D eigenvalue weighted by Crippen LogP contribution is 2.30. The number of carbonyl (C=O) groups excluding carboxylic acids is 1. The van der Waals surface area contributed by atoms with E-state index in [-0.39, 0.29) is 0 Å². The molecule has 0 aromatic carbocycles. The maximum Gasteiger partial charge on any atom is 0.405 e. The Kier molecular flexibility index (Phi) is 5.09. The van der Waals surface area contributed by atoms with Gasteiger partial charge in [-0.2, -0.15) is 13.2 Å². The van der Waals surface area contributed by atoms with Gasteiger partial charge < -0.3 is 9.88 Å². The number of hydrogen-bond donors (Lipinski definition) is 1. The van der Waals surface area contributed by atoms with Crippen LogP contribution in [0.5, 0.6) is 0 Å². The molecule has 1 atom stereocenters. The van der Waals surface area contributed by atoms with Crippen molar-refractivity contribution in [2.24, 2.45) is 0 Å². The molecule has 0 aliphatic carbocycles. The molecule has 1 N–H and O–H groups in total. The third-order valence-electron chi connectivity index (χ3n) is 4.26. The van der Waals surface area contributed by atoms with E-state index in [2.05, 4.69) is 14.9 Å². The third kappa shape index (κ3) is 4.18. The number of amides is 1. The number of carbonyl (C=O) groups is 1. The molecule has 6 nitrogen and oxygen atoms in total. The lowest BCUT2D eigenvalue weighted by molar-refractivity contribution is -0.146. The third-order valence-corrected chi connectivity index (χ3v) is 5.03. The standard InChI is InChI=1S/C15H18F3N5OS/c16-15(17,18)9-21-13(24)14(23-6-3-19-11-23)2-1-5-22(10-14)8-12-20-4-7-25-12/h3-4,6-7,11H,1-2,5,8-10H2,(H,21,24). The van der Waals surface area contributed by atoms with Crippen LogP contribution in [0.15, 0.2) is 30.3 Å². The molecule has 1 amide bonds. The second kappa shape index (κ2) is 7.12. The molecule has 1 saturated heterocycles. The van der Waals surface area contributed by atoms with Crippen LogP contribution in [0.1, 0.15) is 17.8 Å².